The summed E-state index contributed by atoms with van der Waals surface area (Å²) < 4.78 is 0. The molecule has 3 nitrogen and oxygen atoms in total. The predicted octanol–water partition coefficient (Wildman–Crippen LogP) is 2.64. The summed E-state index contributed by atoms with van der Waals surface area (Å²) in [5.41, 5.74) is 0.460. The Morgan fingerprint density at radius 2 is 1.84 bits per heavy atom. The highest BCUT2D eigenvalue weighted by Crippen LogP contribution is 2.25. The van der Waals surface area contributed by atoms with Gasteiger partial charge in [-0.2, -0.15) is 0 Å². The number of nitrogens with one attached hydrogen (secondary N) is 1. The van der Waals surface area contributed by atoms with Crippen molar-refractivity contribution < 1.29 is 5.11 Å². The van der Waals surface area contributed by atoms with Crippen molar-refractivity contribution in [1.29, 1.82) is 0 Å². The fourth-order valence-corrected chi connectivity index (χ4v) is 2.85. The number of aliphatic hydroxyl groups is 1. The van der Waals surface area contributed by atoms with Crippen LogP contribution in [0.25, 0.3) is 0 Å². The van der Waals surface area contributed by atoms with Gasteiger partial charge in [0.2, 0.25) is 0 Å². The molecule has 0 aromatic rings. The molecule has 0 saturated carbocycles. The first-order valence-corrected chi connectivity index (χ1v) is 7.83. The minimum atomic E-state index is 0.184. The molecule has 1 saturated heterocycles. The van der Waals surface area contributed by atoms with Crippen LogP contribution in [0.4, 0.5) is 0 Å². The van der Waals surface area contributed by atoms with E-state index in [-0.39, 0.29) is 11.0 Å². The second kappa shape index (κ2) is 7.05. The van der Waals surface area contributed by atoms with Crippen molar-refractivity contribution in [2.75, 3.05) is 26.2 Å². The Kier molecular flexibility index (Phi) is 6.28. The molecule has 1 rings (SSSR count). The van der Waals surface area contributed by atoms with Gasteiger partial charge in [0.15, 0.2) is 0 Å². The number of likely N-dealkylation sites (tertiary alicyclic amines) is 1. The summed E-state index contributed by atoms with van der Waals surface area (Å²) in [4.78, 5) is 2.60. The molecule has 3 heteroatoms. The van der Waals surface area contributed by atoms with Gasteiger partial charge >= 0.3 is 0 Å². The molecule has 1 aliphatic heterocycles. The number of piperidine rings is 1. The highest BCUT2D eigenvalue weighted by molar-refractivity contribution is 4.85. The molecule has 114 valence electrons. The van der Waals surface area contributed by atoms with Crippen LogP contribution in [0.5, 0.6) is 0 Å². The van der Waals surface area contributed by atoms with Gasteiger partial charge in [-0.15, -0.1) is 0 Å². The summed E-state index contributed by atoms with van der Waals surface area (Å²) in [5.74, 6) is 0. The van der Waals surface area contributed by atoms with E-state index in [1.807, 2.05) is 0 Å². The number of aliphatic hydroxyl groups excluding tert-OH is 1. The van der Waals surface area contributed by atoms with E-state index in [4.69, 9.17) is 0 Å². The van der Waals surface area contributed by atoms with Crippen LogP contribution in [0.1, 0.15) is 60.3 Å². The molecule has 0 amide bonds. The fourth-order valence-electron chi connectivity index (χ4n) is 2.85. The Hall–Kier alpha value is -0.120. The fraction of sp³-hybridized carbons (Fsp3) is 1.00. The van der Waals surface area contributed by atoms with Crippen LogP contribution in [-0.2, 0) is 0 Å². The summed E-state index contributed by atoms with van der Waals surface area (Å²) in [5, 5.41) is 12.8. The largest absolute Gasteiger partial charge is 0.396 e. The monoisotopic (exact) mass is 270 g/mol. The van der Waals surface area contributed by atoms with Crippen LogP contribution in [0.3, 0.4) is 0 Å². The molecule has 0 aliphatic carbocycles. The lowest BCUT2D eigenvalue weighted by Gasteiger charge is -2.41. The molecular formula is C16H34N2O. The Labute approximate surface area is 119 Å². The zero-order valence-corrected chi connectivity index (χ0v) is 13.6. The Bertz CT molecular complexity index is 256. The van der Waals surface area contributed by atoms with Gasteiger partial charge in [-0.25, -0.2) is 0 Å². The Morgan fingerprint density at radius 3 is 2.42 bits per heavy atom. The number of rotatable bonds is 6. The minimum absolute atomic E-state index is 0.184. The molecular weight excluding hydrogens is 236 g/mol. The van der Waals surface area contributed by atoms with E-state index in [1.54, 1.807) is 0 Å². The van der Waals surface area contributed by atoms with E-state index >= 15 is 0 Å². The molecule has 1 aliphatic rings. The third kappa shape index (κ3) is 6.73. The third-order valence-corrected chi connectivity index (χ3v) is 3.94. The van der Waals surface area contributed by atoms with Crippen LogP contribution in [0.15, 0.2) is 0 Å². The van der Waals surface area contributed by atoms with Gasteiger partial charge in [0.25, 0.3) is 0 Å². The Morgan fingerprint density at radius 1 is 1.16 bits per heavy atom. The highest BCUT2D eigenvalue weighted by Gasteiger charge is 2.29. The highest BCUT2D eigenvalue weighted by atomic mass is 16.3. The standard InChI is InChI=1S/C16H34N2O/c1-15(2,3)17-12-16(4,5)13-18-10-7-6-8-14(18)9-11-19/h14,17,19H,6-13H2,1-5H3. The maximum Gasteiger partial charge on any atom is 0.0445 e. The smallest absolute Gasteiger partial charge is 0.0445 e. The van der Waals surface area contributed by atoms with Gasteiger partial charge in [-0.1, -0.05) is 20.3 Å². The number of nitrogens with zero attached hydrogens (tertiary/aromatic N) is 1. The average Bonchev–Trinajstić information content (AvgIpc) is 2.29. The lowest BCUT2D eigenvalue weighted by Crippen LogP contribution is -2.50. The van der Waals surface area contributed by atoms with Crippen molar-refractivity contribution in [3.63, 3.8) is 0 Å². The van der Waals surface area contributed by atoms with Crippen LogP contribution < -0.4 is 5.32 Å². The number of hydrogen-bond donors (Lipinski definition) is 2. The lowest BCUT2D eigenvalue weighted by atomic mass is 9.88. The van der Waals surface area contributed by atoms with Crippen molar-refractivity contribution >= 4 is 0 Å². The molecule has 0 aromatic carbocycles. The van der Waals surface area contributed by atoms with Gasteiger partial charge in [0.1, 0.15) is 0 Å². The Balaban J connectivity index is 2.49. The van der Waals surface area contributed by atoms with Crippen molar-refractivity contribution in [1.82, 2.24) is 10.2 Å². The van der Waals surface area contributed by atoms with Crippen molar-refractivity contribution in [2.45, 2.75) is 71.9 Å². The van der Waals surface area contributed by atoms with Crippen molar-refractivity contribution in [3.05, 3.63) is 0 Å². The zero-order chi connectivity index (χ0) is 14.5. The molecule has 1 heterocycles. The van der Waals surface area contributed by atoms with Crippen LogP contribution in [0.2, 0.25) is 0 Å². The first kappa shape index (κ1) is 16.9. The summed E-state index contributed by atoms with van der Waals surface area (Å²) in [7, 11) is 0. The van der Waals surface area contributed by atoms with E-state index in [1.165, 1.54) is 25.8 Å². The van der Waals surface area contributed by atoms with Crippen LogP contribution >= 0.6 is 0 Å². The maximum atomic E-state index is 9.21. The average molecular weight is 270 g/mol. The van der Waals surface area contributed by atoms with Gasteiger partial charge in [0.05, 0.1) is 0 Å². The SMILES string of the molecule is CC(C)(CNC(C)(C)C)CN1CCCCC1CCO. The minimum Gasteiger partial charge on any atom is -0.396 e. The van der Waals surface area contributed by atoms with Gasteiger partial charge in [-0.05, 0) is 52.0 Å². The van der Waals surface area contributed by atoms with Crippen molar-refractivity contribution in [3.8, 4) is 0 Å². The van der Waals surface area contributed by atoms with E-state index in [9.17, 15) is 5.11 Å². The second-order valence-electron chi connectivity index (χ2n) is 7.90. The third-order valence-electron chi connectivity index (χ3n) is 3.94. The topological polar surface area (TPSA) is 35.5 Å². The van der Waals surface area contributed by atoms with E-state index < -0.39 is 0 Å². The van der Waals surface area contributed by atoms with E-state index in [0.29, 0.717) is 12.6 Å². The molecule has 0 radical (unpaired) electrons. The normalized spacial score (nSPS) is 22.7. The van der Waals surface area contributed by atoms with Gasteiger partial charge in [0, 0.05) is 31.3 Å². The zero-order valence-electron chi connectivity index (χ0n) is 13.6. The van der Waals surface area contributed by atoms with E-state index in [0.717, 1.165) is 19.5 Å². The van der Waals surface area contributed by atoms with Crippen LogP contribution in [-0.4, -0.2) is 47.8 Å². The number of hydrogen-bond acceptors (Lipinski definition) is 3. The van der Waals surface area contributed by atoms with E-state index in [2.05, 4.69) is 44.8 Å². The van der Waals surface area contributed by atoms with Crippen molar-refractivity contribution in [2.24, 2.45) is 5.41 Å². The molecule has 2 N–H and O–H groups in total. The summed E-state index contributed by atoms with van der Waals surface area (Å²) in [6, 6.07) is 0.590. The van der Waals surface area contributed by atoms with Gasteiger partial charge in [-0.3, -0.25) is 4.90 Å². The quantitative estimate of drug-likeness (QED) is 0.779. The lowest BCUT2D eigenvalue weighted by molar-refractivity contribution is 0.0758. The first-order chi connectivity index (χ1) is 8.73. The predicted molar refractivity (Wildman–Crippen MR) is 82.5 cm³/mol. The molecule has 1 unspecified atom stereocenters. The molecule has 0 spiro atoms. The molecule has 0 aromatic heterocycles. The van der Waals surface area contributed by atoms with Gasteiger partial charge < -0.3 is 10.4 Å². The summed E-state index contributed by atoms with van der Waals surface area (Å²) in [6.45, 7) is 15.0. The molecule has 0 bridgehead atoms. The van der Waals surface area contributed by atoms with Crippen LogP contribution in [0, 0.1) is 5.41 Å². The summed E-state index contributed by atoms with van der Waals surface area (Å²) in [6.07, 6.45) is 4.82. The molecule has 1 atom stereocenters. The second-order valence-corrected chi connectivity index (χ2v) is 7.90. The molecule has 19 heavy (non-hydrogen) atoms. The summed E-state index contributed by atoms with van der Waals surface area (Å²) >= 11 is 0. The maximum absolute atomic E-state index is 9.21. The first-order valence-electron chi connectivity index (χ1n) is 7.83. The molecule has 1 fully saturated rings.